The first-order valence-electron chi connectivity index (χ1n) is 5.34. The van der Waals surface area contributed by atoms with Crippen LogP contribution in [0, 0.1) is 0 Å². The van der Waals surface area contributed by atoms with Crippen LogP contribution in [-0.2, 0) is 0 Å². The molecule has 0 saturated carbocycles. The SMILES string of the molecule is CN(c1ccccc1C(N)=S)c1ncccc1Br. The van der Waals surface area contributed by atoms with Crippen LogP contribution in [0.25, 0.3) is 0 Å². The van der Waals surface area contributed by atoms with Crippen LogP contribution in [-0.4, -0.2) is 17.0 Å². The van der Waals surface area contributed by atoms with E-state index in [1.807, 2.05) is 48.3 Å². The van der Waals surface area contributed by atoms with Crippen LogP contribution in [0.4, 0.5) is 11.5 Å². The van der Waals surface area contributed by atoms with Gasteiger partial charge in [-0.05, 0) is 40.2 Å². The van der Waals surface area contributed by atoms with E-state index in [1.54, 1.807) is 6.20 Å². The van der Waals surface area contributed by atoms with Crippen molar-refractivity contribution in [1.29, 1.82) is 0 Å². The molecule has 0 bridgehead atoms. The second kappa shape index (κ2) is 5.46. The molecule has 92 valence electrons. The van der Waals surface area contributed by atoms with Crippen LogP contribution in [0.15, 0.2) is 47.1 Å². The number of pyridine rings is 1. The Balaban J connectivity index is 2.50. The largest absolute Gasteiger partial charge is 0.389 e. The lowest BCUT2D eigenvalue weighted by molar-refractivity contribution is 1.11. The molecule has 0 spiro atoms. The summed E-state index contributed by atoms with van der Waals surface area (Å²) in [5.74, 6) is 0.821. The summed E-state index contributed by atoms with van der Waals surface area (Å²) in [6.45, 7) is 0. The van der Waals surface area contributed by atoms with Crippen LogP contribution in [0.1, 0.15) is 5.56 Å². The Hall–Kier alpha value is -1.46. The van der Waals surface area contributed by atoms with Crippen molar-refractivity contribution < 1.29 is 0 Å². The third-order valence-corrected chi connectivity index (χ3v) is 3.43. The highest BCUT2D eigenvalue weighted by atomic mass is 79.9. The van der Waals surface area contributed by atoms with E-state index in [9.17, 15) is 0 Å². The van der Waals surface area contributed by atoms with Gasteiger partial charge < -0.3 is 10.6 Å². The average molecular weight is 322 g/mol. The molecule has 18 heavy (non-hydrogen) atoms. The molecule has 1 aromatic carbocycles. The maximum absolute atomic E-state index is 5.74. The predicted molar refractivity (Wildman–Crippen MR) is 82.3 cm³/mol. The molecule has 0 aliphatic carbocycles. The van der Waals surface area contributed by atoms with Crippen molar-refractivity contribution in [3.05, 3.63) is 52.6 Å². The highest BCUT2D eigenvalue weighted by Crippen LogP contribution is 2.30. The molecule has 0 radical (unpaired) electrons. The molecule has 0 atom stereocenters. The summed E-state index contributed by atoms with van der Waals surface area (Å²) in [5.41, 5.74) is 7.52. The molecule has 0 saturated heterocycles. The lowest BCUT2D eigenvalue weighted by Crippen LogP contribution is -2.18. The van der Waals surface area contributed by atoms with Crippen LogP contribution in [0.2, 0.25) is 0 Å². The second-order valence-electron chi connectivity index (χ2n) is 3.75. The third-order valence-electron chi connectivity index (χ3n) is 2.59. The van der Waals surface area contributed by atoms with Crippen LogP contribution in [0.5, 0.6) is 0 Å². The molecule has 0 fully saturated rings. The van der Waals surface area contributed by atoms with E-state index in [0.717, 1.165) is 21.5 Å². The zero-order valence-electron chi connectivity index (χ0n) is 9.80. The van der Waals surface area contributed by atoms with Gasteiger partial charge in [-0.3, -0.25) is 0 Å². The summed E-state index contributed by atoms with van der Waals surface area (Å²) in [5, 5.41) is 0. The molecule has 0 aliphatic rings. The Morgan fingerprint density at radius 3 is 2.67 bits per heavy atom. The summed E-state index contributed by atoms with van der Waals surface area (Å²) in [6, 6.07) is 11.6. The van der Waals surface area contributed by atoms with Gasteiger partial charge in [0.05, 0.1) is 10.2 Å². The number of para-hydroxylation sites is 1. The summed E-state index contributed by atoms with van der Waals surface area (Å²) >= 11 is 8.56. The highest BCUT2D eigenvalue weighted by Gasteiger charge is 2.13. The normalized spacial score (nSPS) is 10.1. The lowest BCUT2D eigenvalue weighted by Gasteiger charge is -2.22. The molecule has 0 amide bonds. The van der Waals surface area contributed by atoms with Crippen molar-refractivity contribution >= 4 is 44.6 Å². The Labute approximate surface area is 120 Å². The van der Waals surface area contributed by atoms with Crippen LogP contribution < -0.4 is 10.6 Å². The Bertz CT molecular complexity index is 586. The number of aromatic nitrogens is 1. The fourth-order valence-electron chi connectivity index (χ4n) is 1.71. The number of benzene rings is 1. The van der Waals surface area contributed by atoms with Gasteiger partial charge in [0.2, 0.25) is 0 Å². The first-order chi connectivity index (χ1) is 8.61. The molecule has 1 aromatic heterocycles. The van der Waals surface area contributed by atoms with Crippen LogP contribution in [0.3, 0.4) is 0 Å². The van der Waals surface area contributed by atoms with E-state index in [0.29, 0.717) is 4.99 Å². The van der Waals surface area contributed by atoms with Gasteiger partial charge in [0.25, 0.3) is 0 Å². The van der Waals surface area contributed by atoms with Gasteiger partial charge in [-0.2, -0.15) is 0 Å². The smallest absolute Gasteiger partial charge is 0.147 e. The van der Waals surface area contributed by atoms with Crippen molar-refractivity contribution in [2.75, 3.05) is 11.9 Å². The lowest BCUT2D eigenvalue weighted by atomic mass is 10.1. The van der Waals surface area contributed by atoms with E-state index < -0.39 is 0 Å². The second-order valence-corrected chi connectivity index (χ2v) is 5.04. The zero-order valence-corrected chi connectivity index (χ0v) is 12.2. The van der Waals surface area contributed by atoms with E-state index in [4.69, 9.17) is 18.0 Å². The minimum absolute atomic E-state index is 0.379. The molecule has 2 N–H and O–H groups in total. The number of rotatable bonds is 3. The topological polar surface area (TPSA) is 42.1 Å². The van der Waals surface area contributed by atoms with Gasteiger partial charge in [0, 0.05) is 18.8 Å². The van der Waals surface area contributed by atoms with Gasteiger partial charge >= 0.3 is 0 Å². The van der Waals surface area contributed by atoms with Gasteiger partial charge in [-0.25, -0.2) is 4.98 Å². The number of nitrogens with zero attached hydrogens (tertiary/aromatic N) is 2. The first-order valence-corrected chi connectivity index (χ1v) is 6.54. The number of thiocarbonyl (C=S) groups is 1. The number of anilines is 2. The molecule has 5 heteroatoms. The van der Waals surface area contributed by atoms with Gasteiger partial charge in [0.1, 0.15) is 10.8 Å². The minimum Gasteiger partial charge on any atom is -0.389 e. The highest BCUT2D eigenvalue weighted by molar-refractivity contribution is 9.10. The maximum atomic E-state index is 5.74. The third kappa shape index (κ3) is 2.52. The van der Waals surface area contributed by atoms with Gasteiger partial charge in [-0.15, -0.1) is 0 Å². The number of nitrogens with two attached hydrogens (primary N) is 1. The fourth-order valence-corrected chi connectivity index (χ4v) is 2.41. The Morgan fingerprint density at radius 1 is 1.28 bits per heavy atom. The standard InChI is InChI=1S/C13H12BrN3S/c1-17(13-10(14)6-4-8-16-13)11-7-3-2-5-9(11)12(15)18/h2-8H,1H3,(H2,15,18). The van der Waals surface area contributed by atoms with E-state index in [-0.39, 0.29) is 0 Å². The van der Waals surface area contributed by atoms with Crippen molar-refractivity contribution in [3.63, 3.8) is 0 Å². The van der Waals surface area contributed by atoms with Crippen molar-refractivity contribution in [2.24, 2.45) is 5.73 Å². The average Bonchev–Trinajstić information content (AvgIpc) is 2.38. The predicted octanol–water partition coefficient (Wildman–Crippen LogP) is 3.25. The molecule has 0 unspecified atom stereocenters. The molecule has 2 aromatic rings. The molecule has 0 aliphatic heterocycles. The van der Waals surface area contributed by atoms with Gasteiger partial charge in [0.15, 0.2) is 0 Å². The number of halogens is 1. The van der Waals surface area contributed by atoms with Crippen molar-refractivity contribution in [3.8, 4) is 0 Å². The van der Waals surface area contributed by atoms with Crippen molar-refractivity contribution in [2.45, 2.75) is 0 Å². The summed E-state index contributed by atoms with van der Waals surface area (Å²) < 4.78 is 0.922. The summed E-state index contributed by atoms with van der Waals surface area (Å²) in [6.07, 6.45) is 1.75. The fraction of sp³-hybridized carbons (Fsp3) is 0.0769. The van der Waals surface area contributed by atoms with E-state index in [2.05, 4.69) is 20.9 Å². The molecular weight excluding hydrogens is 310 g/mol. The summed E-state index contributed by atoms with van der Waals surface area (Å²) in [4.78, 5) is 6.69. The quantitative estimate of drug-likeness (QED) is 0.881. The van der Waals surface area contributed by atoms with E-state index >= 15 is 0 Å². The van der Waals surface area contributed by atoms with Crippen LogP contribution >= 0.6 is 28.1 Å². The summed E-state index contributed by atoms with van der Waals surface area (Å²) in [7, 11) is 1.93. The van der Waals surface area contributed by atoms with Gasteiger partial charge in [-0.1, -0.05) is 24.4 Å². The van der Waals surface area contributed by atoms with E-state index in [1.165, 1.54) is 0 Å². The maximum Gasteiger partial charge on any atom is 0.147 e. The van der Waals surface area contributed by atoms with Crippen molar-refractivity contribution in [1.82, 2.24) is 4.98 Å². The molecule has 1 heterocycles. The molecule has 2 rings (SSSR count). The Kier molecular flexibility index (Phi) is 3.93. The molecule has 3 nitrogen and oxygen atoms in total. The Morgan fingerprint density at radius 2 is 2.00 bits per heavy atom. The first kappa shape index (κ1) is 13.0. The zero-order chi connectivity index (χ0) is 13.1. The minimum atomic E-state index is 0.379. The number of hydrogen-bond donors (Lipinski definition) is 1. The molecular formula is C13H12BrN3S. The number of hydrogen-bond acceptors (Lipinski definition) is 3. The monoisotopic (exact) mass is 321 g/mol.